The minimum atomic E-state index is -3.67. The highest BCUT2D eigenvalue weighted by molar-refractivity contribution is 7.89. The second kappa shape index (κ2) is 8.64. The van der Waals surface area contributed by atoms with Crippen molar-refractivity contribution in [3.05, 3.63) is 77.5 Å². The molecular weight excluding hydrogens is 398 g/mol. The van der Waals surface area contributed by atoms with Gasteiger partial charge in [-0.15, -0.1) is 0 Å². The van der Waals surface area contributed by atoms with Crippen molar-refractivity contribution in [2.45, 2.75) is 49.8 Å². The first-order chi connectivity index (χ1) is 14.3. The largest absolute Gasteiger partial charge is 0.465 e. The van der Waals surface area contributed by atoms with Crippen LogP contribution in [0.3, 0.4) is 0 Å². The number of allylic oxidation sites excluding steroid dienone is 1. The Bertz CT molecular complexity index is 1030. The van der Waals surface area contributed by atoms with Crippen molar-refractivity contribution in [3.8, 4) is 0 Å². The maximum absolute atomic E-state index is 13.3. The fourth-order valence-corrected chi connectivity index (χ4v) is 5.69. The molecule has 0 saturated carbocycles. The summed E-state index contributed by atoms with van der Waals surface area (Å²) in [7, 11) is -2.32. The van der Waals surface area contributed by atoms with E-state index >= 15 is 0 Å². The van der Waals surface area contributed by atoms with Crippen LogP contribution in [-0.4, -0.2) is 32.3 Å². The van der Waals surface area contributed by atoms with Crippen molar-refractivity contribution in [3.63, 3.8) is 0 Å². The van der Waals surface area contributed by atoms with Gasteiger partial charge >= 0.3 is 5.97 Å². The number of carbonyl (C=O) groups is 1. The van der Waals surface area contributed by atoms with Gasteiger partial charge in [0.25, 0.3) is 10.0 Å². The molecule has 1 fully saturated rings. The Morgan fingerprint density at radius 2 is 1.77 bits per heavy atom. The summed E-state index contributed by atoms with van der Waals surface area (Å²) in [6.07, 6.45) is 3.42. The minimum Gasteiger partial charge on any atom is -0.465 e. The molecule has 0 N–H and O–H groups in total. The highest BCUT2D eigenvalue weighted by atomic mass is 32.2. The lowest BCUT2D eigenvalue weighted by atomic mass is 9.73. The van der Waals surface area contributed by atoms with Gasteiger partial charge in [0, 0.05) is 17.7 Å². The van der Waals surface area contributed by atoms with E-state index in [1.165, 1.54) is 11.4 Å². The first-order valence-electron chi connectivity index (χ1n) is 10.2. The molecule has 2 aromatic rings. The number of methoxy groups -OCH3 is 1. The number of carbonyl (C=O) groups excluding carboxylic acids is 1. The monoisotopic (exact) mass is 427 g/mol. The van der Waals surface area contributed by atoms with Gasteiger partial charge in [-0.2, -0.15) is 0 Å². The Morgan fingerprint density at radius 1 is 1.13 bits per heavy atom. The number of sulfonamides is 1. The summed E-state index contributed by atoms with van der Waals surface area (Å²) in [5, 5.41) is 0. The number of aryl methyl sites for hydroxylation is 1. The van der Waals surface area contributed by atoms with Crippen molar-refractivity contribution >= 4 is 16.0 Å². The number of benzene rings is 2. The zero-order chi connectivity index (χ0) is 21.9. The molecule has 1 saturated heterocycles. The topological polar surface area (TPSA) is 63.7 Å². The van der Waals surface area contributed by atoms with Gasteiger partial charge in [-0.05, 0) is 49.6 Å². The molecule has 3 rings (SSSR count). The lowest BCUT2D eigenvalue weighted by molar-refractivity contribution is 0.0600. The average molecular weight is 428 g/mol. The zero-order valence-corrected chi connectivity index (χ0v) is 18.7. The van der Waals surface area contributed by atoms with Crippen LogP contribution in [0.5, 0.6) is 0 Å². The molecule has 0 radical (unpaired) electrons. The van der Waals surface area contributed by atoms with E-state index in [9.17, 15) is 13.2 Å². The lowest BCUT2D eigenvalue weighted by Gasteiger charge is -2.33. The van der Waals surface area contributed by atoms with E-state index in [1.807, 2.05) is 31.2 Å². The van der Waals surface area contributed by atoms with Crippen LogP contribution in [0.1, 0.15) is 54.1 Å². The molecule has 160 valence electrons. The SMILES string of the molecule is C=C1N(S(=O)(=O)c2ccc(C)cc2)CC[C@@]1(CCCC)c1ccc(C(=O)OC)cc1. The average Bonchev–Trinajstić information content (AvgIpc) is 3.10. The summed E-state index contributed by atoms with van der Waals surface area (Å²) in [5.41, 5.74) is 2.59. The number of unbranched alkanes of at least 4 members (excludes halogenated alkanes) is 1. The Morgan fingerprint density at radius 3 is 2.33 bits per heavy atom. The van der Waals surface area contributed by atoms with E-state index in [0.717, 1.165) is 30.4 Å². The zero-order valence-electron chi connectivity index (χ0n) is 17.8. The standard InChI is InChI=1S/C24H29NO4S/c1-5-6-15-24(21-11-9-20(10-12-21)23(26)29-4)16-17-25(19(24)3)30(27,28)22-13-7-18(2)8-14-22/h7-14H,3,5-6,15-17H2,1-2,4H3/t24-/m1/s1. The summed E-state index contributed by atoms with van der Waals surface area (Å²) in [6, 6.07) is 14.2. The first kappa shape index (κ1) is 22.1. The Hall–Kier alpha value is -2.60. The molecule has 5 nitrogen and oxygen atoms in total. The third-order valence-corrected chi connectivity index (χ3v) is 7.87. The minimum absolute atomic E-state index is 0.279. The Kier molecular flexibility index (Phi) is 6.36. The quantitative estimate of drug-likeness (QED) is 0.595. The highest BCUT2D eigenvalue weighted by Crippen LogP contribution is 2.48. The van der Waals surface area contributed by atoms with Crippen molar-refractivity contribution in [1.82, 2.24) is 4.31 Å². The molecule has 0 amide bonds. The molecule has 0 aliphatic carbocycles. The molecule has 1 atom stereocenters. The number of rotatable bonds is 7. The molecule has 0 aromatic heterocycles. The number of nitrogens with zero attached hydrogens (tertiary/aromatic N) is 1. The fraction of sp³-hybridized carbons (Fsp3) is 0.375. The second-order valence-electron chi connectivity index (χ2n) is 7.84. The predicted octanol–water partition coefficient (Wildman–Crippen LogP) is 4.82. The molecule has 1 aliphatic heterocycles. The fourth-order valence-electron chi connectivity index (χ4n) is 4.16. The van der Waals surface area contributed by atoms with Gasteiger partial charge in [-0.1, -0.05) is 56.2 Å². The Labute approximate surface area is 179 Å². The van der Waals surface area contributed by atoms with Gasteiger partial charge in [0.05, 0.1) is 17.6 Å². The van der Waals surface area contributed by atoms with Crippen molar-refractivity contribution in [2.75, 3.05) is 13.7 Å². The summed E-state index contributed by atoms with van der Waals surface area (Å²) in [5.74, 6) is -0.391. The van der Waals surface area contributed by atoms with Crippen LogP contribution in [-0.2, 0) is 20.2 Å². The molecule has 2 aromatic carbocycles. The Balaban J connectivity index is 1.99. The molecule has 0 spiro atoms. The highest BCUT2D eigenvalue weighted by Gasteiger charge is 2.46. The molecular formula is C24H29NO4S. The third-order valence-electron chi connectivity index (χ3n) is 6.02. The van der Waals surface area contributed by atoms with Crippen LogP contribution < -0.4 is 0 Å². The third kappa shape index (κ3) is 3.88. The van der Waals surface area contributed by atoms with Gasteiger partial charge in [0.2, 0.25) is 0 Å². The van der Waals surface area contributed by atoms with Gasteiger partial charge in [-0.3, -0.25) is 4.31 Å². The molecule has 0 bridgehead atoms. The van der Waals surface area contributed by atoms with Crippen LogP contribution in [0.2, 0.25) is 0 Å². The van der Waals surface area contributed by atoms with Crippen LogP contribution in [0.15, 0.2) is 65.7 Å². The number of hydrogen-bond acceptors (Lipinski definition) is 4. The van der Waals surface area contributed by atoms with Crippen LogP contribution in [0.4, 0.5) is 0 Å². The first-order valence-corrected chi connectivity index (χ1v) is 11.7. The summed E-state index contributed by atoms with van der Waals surface area (Å²) in [4.78, 5) is 12.1. The molecule has 30 heavy (non-hydrogen) atoms. The predicted molar refractivity (Wildman–Crippen MR) is 118 cm³/mol. The lowest BCUT2D eigenvalue weighted by Crippen LogP contribution is -2.32. The number of esters is 1. The van der Waals surface area contributed by atoms with E-state index in [0.29, 0.717) is 24.2 Å². The van der Waals surface area contributed by atoms with E-state index < -0.39 is 21.4 Å². The summed E-state index contributed by atoms with van der Waals surface area (Å²) >= 11 is 0. The molecule has 0 unspecified atom stereocenters. The van der Waals surface area contributed by atoms with Crippen LogP contribution >= 0.6 is 0 Å². The maximum Gasteiger partial charge on any atom is 0.337 e. The van der Waals surface area contributed by atoms with Gasteiger partial charge in [-0.25, -0.2) is 13.2 Å². The second-order valence-corrected chi connectivity index (χ2v) is 9.70. The van der Waals surface area contributed by atoms with Crippen molar-refractivity contribution < 1.29 is 17.9 Å². The van der Waals surface area contributed by atoms with Gasteiger partial charge in [0.1, 0.15) is 0 Å². The van der Waals surface area contributed by atoms with Crippen molar-refractivity contribution in [1.29, 1.82) is 0 Å². The van der Waals surface area contributed by atoms with Gasteiger partial charge < -0.3 is 4.74 Å². The smallest absolute Gasteiger partial charge is 0.337 e. The van der Waals surface area contributed by atoms with E-state index in [-0.39, 0.29) is 4.90 Å². The van der Waals surface area contributed by atoms with E-state index in [1.54, 1.807) is 24.3 Å². The molecule has 6 heteroatoms. The van der Waals surface area contributed by atoms with Crippen LogP contribution in [0.25, 0.3) is 0 Å². The number of hydrogen-bond donors (Lipinski definition) is 0. The molecule has 1 aliphatic rings. The van der Waals surface area contributed by atoms with Gasteiger partial charge in [0.15, 0.2) is 0 Å². The van der Waals surface area contributed by atoms with Crippen molar-refractivity contribution in [2.24, 2.45) is 0 Å². The number of ether oxygens (including phenoxy) is 1. The molecule has 1 heterocycles. The van der Waals surface area contributed by atoms with E-state index in [4.69, 9.17) is 4.74 Å². The summed E-state index contributed by atoms with van der Waals surface area (Å²) in [6.45, 7) is 8.69. The normalized spacial score (nSPS) is 19.2. The van der Waals surface area contributed by atoms with Crippen LogP contribution in [0, 0.1) is 6.92 Å². The maximum atomic E-state index is 13.3. The van der Waals surface area contributed by atoms with E-state index in [2.05, 4.69) is 13.5 Å². The summed E-state index contributed by atoms with van der Waals surface area (Å²) < 4.78 is 32.9.